The number of hydrogen-bond donors (Lipinski definition) is 2. The van der Waals surface area contributed by atoms with E-state index in [1.807, 2.05) is 26.0 Å². The SMILES string of the molecule is CC.CC(NC(=O)C1(C2CSC(N)=N2)CCC(N2CCC(c3ccc(F)cc3)CC2)C1)c1cc(C(F)(F)F)cc(C(F)(F)F)c1. The van der Waals surface area contributed by atoms with Crippen LogP contribution in [-0.4, -0.2) is 46.9 Å². The summed E-state index contributed by atoms with van der Waals surface area (Å²) in [5, 5.41) is 3.09. The molecule has 1 saturated heterocycles. The lowest BCUT2D eigenvalue weighted by Crippen LogP contribution is -2.49. The summed E-state index contributed by atoms with van der Waals surface area (Å²) in [4.78, 5) is 20.8. The molecule has 5 nitrogen and oxygen atoms in total. The lowest BCUT2D eigenvalue weighted by molar-refractivity contribution is -0.143. The average Bonchev–Trinajstić information content (AvgIpc) is 3.65. The molecule has 3 aliphatic rings. The lowest BCUT2D eigenvalue weighted by Gasteiger charge is -2.38. The van der Waals surface area contributed by atoms with E-state index in [2.05, 4.69) is 15.2 Å². The van der Waals surface area contributed by atoms with Gasteiger partial charge in [-0.2, -0.15) is 26.3 Å². The molecule has 1 aliphatic carbocycles. The highest BCUT2D eigenvalue weighted by Crippen LogP contribution is 2.48. The molecule has 2 aliphatic heterocycles. The zero-order valence-electron chi connectivity index (χ0n) is 25.4. The zero-order chi connectivity index (χ0) is 33.2. The van der Waals surface area contributed by atoms with Gasteiger partial charge in [0, 0.05) is 11.8 Å². The maximum absolute atomic E-state index is 14.0. The molecular formula is C32H39F7N4OS. The largest absolute Gasteiger partial charge is 0.416 e. The Balaban J connectivity index is 0.00000226. The highest BCUT2D eigenvalue weighted by Gasteiger charge is 2.53. The smallest absolute Gasteiger partial charge is 0.379 e. The van der Waals surface area contributed by atoms with Gasteiger partial charge in [-0.1, -0.05) is 37.7 Å². The van der Waals surface area contributed by atoms with Gasteiger partial charge in [0.05, 0.1) is 28.6 Å². The van der Waals surface area contributed by atoms with E-state index in [1.54, 1.807) is 0 Å². The van der Waals surface area contributed by atoms with Crippen LogP contribution in [-0.2, 0) is 17.1 Å². The van der Waals surface area contributed by atoms with E-state index in [9.17, 15) is 35.5 Å². The first-order chi connectivity index (χ1) is 21.2. The molecule has 2 aromatic carbocycles. The van der Waals surface area contributed by atoms with Crippen LogP contribution < -0.4 is 11.1 Å². The molecule has 2 heterocycles. The molecule has 1 saturated carbocycles. The van der Waals surface area contributed by atoms with Crippen molar-refractivity contribution in [3.63, 3.8) is 0 Å². The van der Waals surface area contributed by atoms with Crippen LogP contribution in [0.2, 0.25) is 0 Å². The second-order valence-corrected chi connectivity index (χ2v) is 12.8. The highest BCUT2D eigenvalue weighted by atomic mass is 32.2. The van der Waals surface area contributed by atoms with Gasteiger partial charge in [0.25, 0.3) is 0 Å². The molecule has 2 aromatic rings. The van der Waals surface area contributed by atoms with E-state index in [-0.39, 0.29) is 23.5 Å². The van der Waals surface area contributed by atoms with Crippen molar-refractivity contribution >= 4 is 22.8 Å². The van der Waals surface area contributed by atoms with Crippen LogP contribution in [0.4, 0.5) is 30.7 Å². The van der Waals surface area contributed by atoms with Gasteiger partial charge >= 0.3 is 12.4 Å². The van der Waals surface area contributed by atoms with Crippen LogP contribution in [0.15, 0.2) is 47.5 Å². The molecule has 3 N–H and O–H groups in total. The number of piperidine rings is 1. The minimum absolute atomic E-state index is 0.0580. The number of nitrogens with one attached hydrogen (secondary N) is 1. The van der Waals surface area contributed by atoms with Crippen molar-refractivity contribution in [2.45, 2.75) is 89.3 Å². The molecule has 2 fully saturated rings. The fraction of sp³-hybridized carbons (Fsp3) is 0.562. The van der Waals surface area contributed by atoms with Crippen LogP contribution in [0.3, 0.4) is 0 Å². The number of amidine groups is 1. The van der Waals surface area contributed by atoms with Crippen molar-refractivity contribution in [3.8, 4) is 0 Å². The number of carbonyl (C=O) groups is 1. The molecular weight excluding hydrogens is 621 g/mol. The summed E-state index contributed by atoms with van der Waals surface area (Å²) in [6.07, 6.45) is -6.62. The molecule has 13 heteroatoms. The van der Waals surface area contributed by atoms with Crippen LogP contribution in [0.1, 0.15) is 87.1 Å². The summed E-state index contributed by atoms with van der Waals surface area (Å²) in [6.45, 7) is 6.96. The van der Waals surface area contributed by atoms with Crippen molar-refractivity contribution in [1.29, 1.82) is 0 Å². The first-order valence-corrected chi connectivity index (χ1v) is 16.2. The quantitative estimate of drug-likeness (QED) is 0.309. The van der Waals surface area contributed by atoms with Crippen LogP contribution >= 0.6 is 11.8 Å². The summed E-state index contributed by atoms with van der Waals surface area (Å²) in [5.41, 5.74) is 2.89. The third kappa shape index (κ3) is 7.96. The van der Waals surface area contributed by atoms with Gasteiger partial charge in [0.2, 0.25) is 5.91 Å². The van der Waals surface area contributed by atoms with Gasteiger partial charge in [0.15, 0.2) is 5.17 Å². The number of thioether (sulfide) groups is 1. The summed E-state index contributed by atoms with van der Waals surface area (Å²) < 4.78 is 94.1. The standard InChI is InChI=1S/C30H33F7N4OS.C2H6/c1-17(20-12-21(29(32,33)34)14-22(13-20)30(35,36)37)39-26(42)28(25-16-43-27(38)40-25)9-6-24(15-28)41-10-7-19(8-11-41)18-2-4-23(31)5-3-18;1-2/h2-5,12-14,17,19,24-25H,6-11,15-16H2,1H3,(H2,38,40)(H,39,42);1-2H3. The highest BCUT2D eigenvalue weighted by molar-refractivity contribution is 8.14. The molecule has 0 bridgehead atoms. The lowest BCUT2D eigenvalue weighted by atomic mass is 9.77. The van der Waals surface area contributed by atoms with Gasteiger partial charge in [-0.3, -0.25) is 9.79 Å². The van der Waals surface area contributed by atoms with E-state index in [0.29, 0.717) is 48.2 Å². The van der Waals surface area contributed by atoms with Gasteiger partial charge in [-0.05, 0) is 99.5 Å². The van der Waals surface area contributed by atoms with Crippen molar-refractivity contribution in [2.75, 3.05) is 18.8 Å². The first-order valence-electron chi connectivity index (χ1n) is 15.2. The Bertz CT molecular complexity index is 1320. The fourth-order valence-electron chi connectivity index (χ4n) is 6.68. The van der Waals surface area contributed by atoms with E-state index in [0.717, 1.165) is 31.5 Å². The Morgan fingerprint density at radius 3 is 2.09 bits per heavy atom. The number of nitrogens with two attached hydrogens (primary N) is 1. The number of rotatable bonds is 6. The number of halogens is 7. The second-order valence-electron chi connectivity index (χ2n) is 11.7. The average molecular weight is 661 g/mol. The molecule has 5 rings (SSSR count). The third-order valence-electron chi connectivity index (χ3n) is 9.13. The fourth-order valence-corrected chi connectivity index (χ4v) is 7.61. The molecule has 45 heavy (non-hydrogen) atoms. The van der Waals surface area contributed by atoms with E-state index < -0.39 is 46.9 Å². The van der Waals surface area contributed by atoms with Crippen molar-refractivity contribution in [1.82, 2.24) is 10.2 Å². The van der Waals surface area contributed by atoms with Crippen molar-refractivity contribution in [3.05, 3.63) is 70.5 Å². The number of amides is 1. The number of nitrogens with zero attached hydrogens (tertiary/aromatic N) is 2. The van der Waals surface area contributed by atoms with Gasteiger partial charge in [0.1, 0.15) is 5.82 Å². The Morgan fingerprint density at radius 1 is 1.00 bits per heavy atom. The van der Waals surface area contributed by atoms with E-state index >= 15 is 0 Å². The Labute approximate surface area is 263 Å². The minimum Gasteiger partial charge on any atom is -0.379 e. The molecule has 0 radical (unpaired) electrons. The van der Waals surface area contributed by atoms with Gasteiger partial charge in [-0.15, -0.1) is 0 Å². The Kier molecular flexibility index (Phi) is 10.8. The van der Waals surface area contributed by atoms with Crippen molar-refractivity contribution in [2.24, 2.45) is 16.1 Å². The molecule has 0 spiro atoms. The zero-order valence-corrected chi connectivity index (χ0v) is 26.3. The summed E-state index contributed by atoms with van der Waals surface area (Å²) in [5.74, 6) is 0.0447. The monoisotopic (exact) mass is 660 g/mol. The molecule has 4 unspecified atom stereocenters. The molecule has 0 aromatic heterocycles. The van der Waals surface area contributed by atoms with Gasteiger partial charge < -0.3 is 16.0 Å². The predicted molar refractivity (Wildman–Crippen MR) is 162 cm³/mol. The number of hydrogen-bond acceptors (Lipinski definition) is 5. The summed E-state index contributed by atoms with van der Waals surface area (Å²) in [6, 6.07) is 6.40. The third-order valence-corrected chi connectivity index (χ3v) is 10.0. The normalized spacial score (nSPS) is 25.3. The first kappa shape index (κ1) is 35.1. The number of carbonyl (C=O) groups excluding carboxylic acids is 1. The maximum atomic E-state index is 14.0. The Hall–Kier alpha value is -2.80. The Morgan fingerprint density at radius 2 is 1.58 bits per heavy atom. The molecule has 4 atom stereocenters. The number of likely N-dealkylation sites (tertiary alicyclic amines) is 1. The number of aliphatic imine (C=N–C) groups is 1. The van der Waals surface area contributed by atoms with Gasteiger partial charge in [-0.25, -0.2) is 4.39 Å². The van der Waals surface area contributed by atoms with E-state index in [1.165, 1.54) is 30.8 Å². The molecule has 1 amide bonds. The maximum Gasteiger partial charge on any atom is 0.416 e. The summed E-state index contributed by atoms with van der Waals surface area (Å²) >= 11 is 1.33. The topological polar surface area (TPSA) is 70.7 Å². The molecule has 248 valence electrons. The number of benzene rings is 2. The second kappa shape index (κ2) is 13.9. The van der Waals surface area contributed by atoms with Crippen LogP contribution in [0.5, 0.6) is 0 Å². The van der Waals surface area contributed by atoms with Crippen LogP contribution in [0.25, 0.3) is 0 Å². The summed E-state index contributed by atoms with van der Waals surface area (Å²) in [7, 11) is 0. The minimum atomic E-state index is -4.99. The number of alkyl halides is 6. The van der Waals surface area contributed by atoms with Crippen molar-refractivity contribution < 1.29 is 35.5 Å². The van der Waals surface area contributed by atoms with Crippen LogP contribution in [0, 0.1) is 11.2 Å². The van der Waals surface area contributed by atoms with E-state index in [4.69, 9.17) is 5.73 Å². The predicted octanol–water partition coefficient (Wildman–Crippen LogP) is 7.92.